The molecule has 0 unspecified atom stereocenters. The Morgan fingerprint density at radius 3 is 2.10 bits per heavy atom. The Labute approximate surface area is 125 Å². The summed E-state index contributed by atoms with van der Waals surface area (Å²) in [5, 5.41) is 3.95. The van der Waals surface area contributed by atoms with E-state index in [1.54, 1.807) is 32.1 Å². The third-order valence-corrected chi connectivity index (χ3v) is 6.43. The molecule has 2 heteroatoms. The molecule has 4 bridgehead atoms. The quantitative estimate of drug-likeness (QED) is 0.717. The van der Waals surface area contributed by atoms with E-state index in [9.17, 15) is 0 Å². The molecular formula is C18H34N2. The van der Waals surface area contributed by atoms with Crippen LogP contribution in [0.4, 0.5) is 0 Å². The standard InChI is InChI=1S/C18H34N2/c1-13(2)20(3)7-5-4-6-19-18-16-9-14-8-15(11-16)12-17(18)10-14/h13-19H,4-12H2,1-3H3. The van der Waals surface area contributed by atoms with Crippen LogP contribution in [0.1, 0.15) is 58.8 Å². The Morgan fingerprint density at radius 1 is 0.950 bits per heavy atom. The third kappa shape index (κ3) is 3.22. The summed E-state index contributed by atoms with van der Waals surface area (Å²) in [6.45, 7) is 7.07. The van der Waals surface area contributed by atoms with Crippen molar-refractivity contribution in [1.29, 1.82) is 0 Å². The van der Waals surface area contributed by atoms with Gasteiger partial charge in [0, 0.05) is 12.1 Å². The van der Waals surface area contributed by atoms with E-state index in [0.29, 0.717) is 6.04 Å². The molecule has 0 spiro atoms. The van der Waals surface area contributed by atoms with Crippen LogP contribution in [-0.4, -0.2) is 37.1 Å². The van der Waals surface area contributed by atoms with Crippen LogP contribution in [0.5, 0.6) is 0 Å². The number of unbranched alkanes of at least 4 members (excludes halogenated alkanes) is 1. The predicted octanol–water partition coefficient (Wildman–Crippen LogP) is 3.52. The summed E-state index contributed by atoms with van der Waals surface area (Å²) in [7, 11) is 2.25. The molecule has 4 fully saturated rings. The molecule has 0 aromatic heterocycles. The van der Waals surface area contributed by atoms with E-state index < -0.39 is 0 Å². The predicted molar refractivity (Wildman–Crippen MR) is 85.8 cm³/mol. The van der Waals surface area contributed by atoms with E-state index in [4.69, 9.17) is 0 Å². The van der Waals surface area contributed by atoms with Crippen molar-refractivity contribution in [3.05, 3.63) is 0 Å². The highest BCUT2D eigenvalue weighted by atomic mass is 15.1. The van der Waals surface area contributed by atoms with Gasteiger partial charge in [0.1, 0.15) is 0 Å². The van der Waals surface area contributed by atoms with Crippen molar-refractivity contribution >= 4 is 0 Å². The first-order valence-corrected chi connectivity index (χ1v) is 9.07. The van der Waals surface area contributed by atoms with Crippen LogP contribution in [0.25, 0.3) is 0 Å². The van der Waals surface area contributed by atoms with Crippen LogP contribution < -0.4 is 5.32 Å². The van der Waals surface area contributed by atoms with Crippen molar-refractivity contribution in [3.8, 4) is 0 Å². The molecule has 0 aromatic rings. The first kappa shape index (κ1) is 14.8. The van der Waals surface area contributed by atoms with Gasteiger partial charge >= 0.3 is 0 Å². The molecule has 0 amide bonds. The second kappa shape index (κ2) is 6.36. The second-order valence-corrected chi connectivity index (χ2v) is 8.19. The molecule has 4 saturated carbocycles. The van der Waals surface area contributed by atoms with Gasteiger partial charge in [-0.05, 0) is 103 Å². The minimum absolute atomic E-state index is 0.687. The fourth-order valence-electron chi connectivity index (χ4n) is 5.27. The van der Waals surface area contributed by atoms with Crippen LogP contribution >= 0.6 is 0 Å². The molecule has 0 heterocycles. The van der Waals surface area contributed by atoms with Gasteiger partial charge in [-0.1, -0.05) is 0 Å². The van der Waals surface area contributed by atoms with Crippen LogP contribution in [0.2, 0.25) is 0 Å². The van der Waals surface area contributed by atoms with Gasteiger partial charge in [0.2, 0.25) is 0 Å². The monoisotopic (exact) mass is 278 g/mol. The Kier molecular flexibility index (Phi) is 4.72. The summed E-state index contributed by atoms with van der Waals surface area (Å²) in [5.74, 6) is 4.28. The number of hydrogen-bond donors (Lipinski definition) is 1. The number of nitrogens with zero attached hydrogens (tertiary/aromatic N) is 1. The van der Waals surface area contributed by atoms with E-state index in [1.165, 1.54) is 25.9 Å². The fourth-order valence-corrected chi connectivity index (χ4v) is 5.27. The molecule has 4 rings (SSSR count). The molecule has 0 aliphatic heterocycles. The molecular weight excluding hydrogens is 244 g/mol. The fraction of sp³-hybridized carbons (Fsp3) is 1.00. The van der Waals surface area contributed by atoms with Gasteiger partial charge in [-0.3, -0.25) is 0 Å². The average molecular weight is 278 g/mol. The van der Waals surface area contributed by atoms with Crippen molar-refractivity contribution in [1.82, 2.24) is 10.2 Å². The first-order valence-electron chi connectivity index (χ1n) is 9.07. The largest absolute Gasteiger partial charge is 0.313 e. The molecule has 4 aliphatic carbocycles. The maximum absolute atomic E-state index is 3.95. The molecule has 0 atom stereocenters. The summed E-state index contributed by atoms with van der Waals surface area (Å²) in [4.78, 5) is 2.46. The molecule has 116 valence electrons. The topological polar surface area (TPSA) is 15.3 Å². The summed E-state index contributed by atoms with van der Waals surface area (Å²) in [5.41, 5.74) is 0. The minimum atomic E-state index is 0.687. The molecule has 4 aliphatic rings. The normalized spacial score (nSPS) is 39.1. The lowest BCUT2D eigenvalue weighted by Gasteiger charge is -2.54. The molecule has 20 heavy (non-hydrogen) atoms. The van der Waals surface area contributed by atoms with E-state index in [-0.39, 0.29) is 0 Å². The Balaban J connectivity index is 1.35. The van der Waals surface area contributed by atoms with E-state index >= 15 is 0 Å². The van der Waals surface area contributed by atoms with Crippen LogP contribution in [-0.2, 0) is 0 Å². The van der Waals surface area contributed by atoms with E-state index in [2.05, 4.69) is 31.1 Å². The van der Waals surface area contributed by atoms with Crippen LogP contribution in [0.3, 0.4) is 0 Å². The zero-order valence-electron chi connectivity index (χ0n) is 13.8. The molecule has 0 radical (unpaired) electrons. The van der Waals surface area contributed by atoms with Crippen molar-refractivity contribution in [2.45, 2.75) is 70.9 Å². The van der Waals surface area contributed by atoms with Gasteiger partial charge in [-0.15, -0.1) is 0 Å². The third-order valence-electron chi connectivity index (χ3n) is 6.43. The van der Waals surface area contributed by atoms with Gasteiger partial charge < -0.3 is 10.2 Å². The zero-order valence-corrected chi connectivity index (χ0v) is 13.8. The van der Waals surface area contributed by atoms with Crippen LogP contribution in [0, 0.1) is 23.7 Å². The van der Waals surface area contributed by atoms with Crippen molar-refractivity contribution in [3.63, 3.8) is 0 Å². The summed E-state index contributed by atoms with van der Waals surface area (Å²) in [6, 6.07) is 1.57. The lowest BCUT2D eigenvalue weighted by molar-refractivity contribution is -0.0136. The SMILES string of the molecule is CC(C)N(C)CCCCNC1C2CC3CC(C2)CC1C3. The highest BCUT2D eigenvalue weighted by Gasteiger charge is 2.47. The van der Waals surface area contributed by atoms with Crippen LogP contribution in [0.15, 0.2) is 0 Å². The van der Waals surface area contributed by atoms with Crippen molar-refractivity contribution < 1.29 is 0 Å². The van der Waals surface area contributed by atoms with Gasteiger partial charge in [0.25, 0.3) is 0 Å². The minimum Gasteiger partial charge on any atom is -0.313 e. The summed E-state index contributed by atoms with van der Waals surface area (Å²) >= 11 is 0. The zero-order chi connectivity index (χ0) is 14.1. The highest BCUT2D eigenvalue weighted by molar-refractivity contribution is 5.01. The molecule has 2 nitrogen and oxygen atoms in total. The number of nitrogens with one attached hydrogen (secondary N) is 1. The number of rotatable bonds is 7. The lowest BCUT2D eigenvalue weighted by Crippen LogP contribution is -2.54. The van der Waals surface area contributed by atoms with Gasteiger partial charge in [-0.2, -0.15) is 0 Å². The van der Waals surface area contributed by atoms with Gasteiger partial charge in [-0.25, -0.2) is 0 Å². The van der Waals surface area contributed by atoms with E-state index in [1.807, 2.05) is 0 Å². The first-order chi connectivity index (χ1) is 9.63. The second-order valence-electron chi connectivity index (χ2n) is 8.19. The molecule has 0 aromatic carbocycles. The maximum atomic E-state index is 3.95. The Morgan fingerprint density at radius 2 is 1.55 bits per heavy atom. The smallest absolute Gasteiger partial charge is 0.0124 e. The Hall–Kier alpha value is -0.0800. The Bertz CT molecular complexity index is 285. The highest BCUT2D eigenvalue weighted by Crippen LogP contribution is 2.53. The lowest BCUT2D eigenvalue weighted by atomic mass is 9.54. The average Bonchev–Trinajstić information content (AvgIpc) is 2.39. The van der Waals surface area contributed by atoms with Gasteiger partial charge in [0.05, 0.1) is 0 Å². The maximum Gasteiger partial charge on any atom is 0.0124 e. The van der Waals surface area contributed by atoms with E-state index in [0.717, 1.165) is 29.7 Å². The van der Waals surface area contributed by atoms with Gasteiger partial charge in [0.15, 0.2) is 0 Å². The molecule has 1 N–H and O–H groups in total. The number of hydrogen-bond acceptors (Lipinski definition) is 2. The molecule has 0 saturated heterocycles. The summed E-state index contributed by atoms with van der Waals surface area (Å²) in [6.07, 6.45) is 10.4. The van der Waals surface area contributed by atoms with Crippen molar-refractivity contribution in [2.75, 3.05) is 20.1 Å². The summed E-state index contributed by atoms with van der Waals surface area (Å²) < 4.78 is 0. The van der Waals surface area contributed by atoms with Crippen molar-refractivity contribution in [2.24, 2.45) is 23.7 Å².